The van der Waals surface area contributed by atoms with E-state index in [1.165, 1.54) is 18.3 Å². The van der Waals surface area contributed by atoms with E-state index in [1.807, 2.05) is 59.3 Å². The number of hydrogen-bond donors (Lipinski definition) is 1. The Labute approximate surface area is 143 Å². The summed E-state index contributed by atoms with van der Waals surface area (Å²) in [6.45, 7) is 0. The van der Waals surface area contributed by atoms with Crippen LogP contribution < -0.4 is 5.43 Å². The molecule has 0 saturated carbocycles. The Hall–Kier alpha value is -3.72. The van der Waals surface area contributed by atoms with Crippen molar-refractivity contribution in [3.63, 3.8) is 0 Å². The topological polar surface area (TPSA) is 70.2 Å². The first-order chi connectivity index (χ1) is 12.2. The average molecular weight is 332 g/mol. The monoisotopic (exact) mass is 332 g/mol. The van der Waals surface area contributed by atoms with Gasteiger partial charge in [0.2, 0.25) is 0 Å². The summed E-state index contributed by atoms with van der Waals surface area (Å²) in [5.41, 5.74) is 3.98. The Kier molecular flexibility index (Phi) is 4.67. The molecule has 25 heavy (non-hydrogen) atoms. The highest BCUT2D eigenvalue weighted by Gasteiger charge is 2.11. The van der Waals surface area contributed by atoms with Crippen LogP contribution in [0.4, 0.5) is 4.39 Å². The molecular formula is C19H13FN4O. The Bertz CT molecular complexity index is 971. The summed E-state index contributed by atoms with van der Waals surface area (Å²) >= 11 is 0. The van der Waals surface area contributed by atoms with Gasteiger partial charge in [-0.1, -0.05) is 18.2 Å². The fourth-order valence-electron chi connectivity index (χ4n) is 2.31. The first kappa shape index (κ1) is 16.1. The molecule has 5 nitrogen and oxygen atoms in total. The molecule has 0 saturated heterocycles. The summed E-state index contributed by atoms with van der Waals surface area (Å²) in [6.07, 6.45) is 3.35. The number of aromatic nitrogens is 1. The molecule has 0 aliphatic carbocycles. The quantitative estimate of drug-likeness (QED) is 0.588. The predicted octanol–water partition coefficient (Wildman–Crippen LogP) is 3.25. The van der Waals surface area contributed by atoms with E-state index < -0.39 is 11.7 Å². The highest BCUT2D eigenvalue weighted by Crippen LogP contribution is 2.11. The number of nitriles is 1. The van der Waals surface area contributed by atoms with Crippen molar-refractivity contribution in [3.8, 4) is 11.8 Å². The minimum Gasteiger partial charge on any atom is -0.316 e. The fourth-order valence-corrected chi connectivity index (χ4v) is 2.31. The molecule has 0 bridgehead atoms. The molecule has 0 aliphatic heterocycles. The molecule has 0 fully saturated rings. The molecule has 0 aliphatic rings. The van der Waals surface area contributed by atoms with Crippen LogP contribution in [0.25, 0.3) is 5.69 Å². The van der Waals surface area contributed by atoms with Crippen molar-refractivity contribution in [1.29, 1.82) is 5.26 Å². The van der Waals surface area contributed by atoms with Crippen LogP contribution >= 0.6 is 0 Å². The van der Waals surface area contributed by atoms with Crippen molar-refractivity contribution >= 4 is 12.1 Å². The first-order valence-electron chi connectivity index (χ1n) is 7.45. The summed E-state index contributed by atoms with van der Waals surface area (Å²) in [5.74, 6) is -1.45. The van der Waals surface area contributed by atoms with Crippen molar-refractivity contribution in [1.82, 2.24) is 9.99 Å². The lowest BCUT2D eigenvalue weighted by Crippen LogP contribution is -2.19. The standard InChI is InChI=1S/C19H13FN4O/c20-18-11-14(12-21)8-9-17(18)19(25)23-22-13-16-7-4-10-24(16)15-5-2-1-3-6-15/h1-11,13H,(H,23,25). The lowest BCUT2D eigenvalue weighted by Gasteiger charge is -2.05. The first-order valence-corrected chi connectivity index (χ1v) is 7.45. The van der Waals surface area contributed by atoms with Gasteiger partial charge in [0, 0.05) is 11.9 Å². The third-order valence-corrected chi connectivity index (χ3v) is 3.52. The Balaban J connectivity index is 1.73. The molecule has 1 N–H and O–H groups in total. The van der Waals surface area contributed by atoms with Crippen LogP contribution in [0.5, 0.6) is 0 Å². The second-order valence-electron chi connectivity index (χ2n) is 5.14. The van der Waals surface area contributed by atoms with E-state index in [0.29, 0.717) is 0 Å². The molecule has 1 amide bonds. The van der Waals surface area contributed by atoms with Crippen LogP contribution in [0.2, 0.25) is 0 Å². The Morgan fingerprint density at radius 1 is 1.16 bits per heavy atom. The molecule has 0 radical (unpaired) electrons. The highest BCUT2D eigenvalue weighted by atomic mass is 19.1. The van der Waals surface area contributed by atoms with Gasteiger partial charge < -0.3 is 4.57 Å². The predicted molar refractivity (Wildman–Crippen MR) is 91.9 cm³/mol. The number of halogens is 1. The highest BCUT2D eigenvalue weighted by molar-refractivity contribution is 5.95. The lowest BCUT2D eigenvalue weighted by molar-refractivity contribution is 0.0951. The van der Waals surface area contributed by atoms with Crippen LogP contribution in [0.15, 0.2) is 72.0 Å². The zero-order chi connectivity index (χ0) is 17.6. The number of hydrazone groups is 1. The van der Waals surface area contributed by atoms with E-state index in [0.717, 1.165) is 17.4 Å². The molecule has 0 atom stereocenters. The summed E-state index contributed by atoms with van der Waals surface area (Å²) in [7, 11) is 0. The number of nitrogens with zero attached hydrogens (tertiary/aromatic N) is 3. The second-order valence-corrected chi connectivity index (χ2v) is 5.14. The van der Waals surface area contributed by atoms with Gasteiger partial charge in [-0.15, -0.1) is 0 Å². The lowest BCUT2D eigenvalue weighted by atomic mass is 10.1. The maximum atomic E-state index is 13.8. The zero-order valence-corrected chi connectivity index (χ0v) is 13.1. The van der Waals surface area contributed by atoms with Crippen molar-refractivity contribution in [2.45, 2.75) is 0 Å². The van der Waals surface area contributed by atoms with Gasteiger partial charge in [0.15, 0.2) is 0 Å². The van der Waals surface area contributed by atoms with E-state index in [1.54, 1.807) is 0 Å². The van der Waals surface area contributed by atoms with Crippen LogP contribution in [-0.2, 0) is 0 Å². The normalized spacial score (nSPS) is 10.6. The summed E-state index contributed by atoms with van der Waals surface area (Å²) in [4.78, 5) is 12.0. The smallest absolute Gasteiger partial charge is 0.274 e. The van der Waals surface area contributed by atoms with Gasteiger partial charge in [-0.3, -0.25) is 4.79 Å². The van der Waals surface area contributed by atoms with Crippen molar-refractivity contribution in [3.05, 3.63) is 89.5 Å². The Morgan fingerprint density at radius 2 is 1.96 bits per heavy atom. The van der Waals surface area contributed by atoms with Crippen molar-refractivity contribution < 1.29 is 9.18 Å². The number of amides is 1. The third kappa shape index (κ3) is 3.62. The largest absolute Gasteiger partial charge is 0.316 e. The molecule has 122 valence electrons. The van der Waals surface area contributed by atoms with Crippen LogP contribution in [0, 0.1) is 17.1 Å². The number of benzene rings is 2. The van der Waals surface area contributed by atoms with Crippen molar-refractivity contribution in [2.24, 2.45) is 5.10 Å². The van der Waals surface area contributed by atoms with Gasteiger partial charge in [-0.2, -0.15) is 10.4 Å². The molecule has 2 aromatic carbocycles. The zero-order valence-electron chi connectivity index (χ0n) is 13.1. The van der Waals surface area contributed by atoms with Crippen LogP contribution in [0.1, 0.15) is 21.6 Å². The molecule has 6 heteroatoms. The van der Waals surface area contributed by atoms with Crippen molar-refractivity contribution in [2.75, 3.05) is 0 Å². The number of para-hydroxylation sites is 1. The minimum absolute atomic E-state index is 0.151. The van der Waals surface area contributed by atoms with E-state index in [4.69, 9.17) is 5.26 Å². The van der Waals surface area contributed by atoms with Gasteiger partial charge >= 0.3 is 0 Å². The van der Waals surface area contributed by atoms with E-state index >= 15 is 0 Å². The van der Waals surface area contributed by atoms with Gasteiger partial charge in [-0.25, -0.2) is 9.82 Å². The molecule has 0 unspecified atom stereocenters. The molecule has 1 aromatic heterocycles. The van der Waals surface area contributed by atoms with E-state index in [2.05, 4.69) is 10.5 Å². The maximum absolute atomic E-state index is 13.8. The molecule has 3 rings (SSSR count). The number of carbonyl (C=O) groups is 1. The van der Waals surface area contributed by atoms with E-state index in [-0.39, 0.29) is 11.1 Å². The van der Waals surface area contributed by atoms with Crippen LogP contribution in [-0.4, -0.2) is 16.7 Å². The summed E-state index contributed by atoms with van der Waals surface area (Å²) < 4.78 is 15.7. The number of rotatable bonds is 4. The maximum Gasteiger partial charge on any atom is 0.274 e. The molecule has 3 aromatic rings. The molecular weight excluding hydrogens is 319 g/mol. The SMILES string of the molecule is N#Cc1ccc(C(=O)NN=Cc2cccn2-c2ccccc2)c(F)c1. The third-order valence-electron chi connectivity index (χ3n) is 3.52. The van der Waals surface area contributed by atoms with Gasteiger partial charge in [0.1, 0.15) is 5.82 Å². The molecule has 0 spiro atoms. The van der Waals surface area contributed by atoms with E-state index in [9.17, 15) is 9.18 Å². The van der Waals surface area contributed by atoms with Crippen LogP contribution in [0.3, 0.4) is 0 Å². The second kappa shape index (κ2) is 7.23. The minimum atomic E-state index is -0.764. The number of nitrogens with one attached hydrogen (secondary N) is 1. The molecule has 1 heterocycles. The van der Waals surface area contributed by atoms with Gasteiger partial charge in [0.25, 0.3) is 5.91 Å². The fraction of sp³-hybridized carbons (Fsp3) is 0. The van der Waals surface area contributed by atoms with Gasteiger partial charge in [0.05, 0.1) is 29.1 Å². The number of hydrogen-bond acceptors (Lipinski definition) is 3. The number of carbonyl (C=O) groups excluding carboxylic acids is 1. The summed E-state index contributed by atoms with van der Waals surface area (Å²) in [5, 5.41) is 12.6. The Morgan fingerprint density at radius 3 is 2.68 bits per heavy atom. The summed E-state index contributed by atoms with van der Waals surface area (Å²) in [6, 6.07) is 18.8. The average Bonchev–Trinajstić information content (AvgIpc) is 3.10. The van der Waals surface area contributed by atoms with Gasteiger partial charge in [-0.05, 0) is 42.5 Å².